The molecule has 1 aliphatic rings. The zero-order chi connectivity index (χ0) is 15.1. The van der Waals surface area contributed by atoms with E-state index in [1.165, 1.54) is 11.3 Å². The number of hydrogen-bond donors (Lipinski definition) is 3. The molecule has 21 heavy (non-hydrogen) atoms. The maximum Gasteiger partial charge on any atom is 0.317 e. The van der Waals surface area contributed by atoms with Gasteiger partial charge in [0.05, 0.1) is 5.56 Å². The van der Waals surface area contributed by atoms with Crippen LogP contribution in [0.5, 0.6) is 0 Å². The lowest BCUT2D eigenvalue weighted by Gasteiger charge is -2.17. The van der Waals surface area contributed by atoms with E-state index in [9.17, 15) is 9.59 Å². The first-order valence-corrected chi connectivity index (χ1v) is 7.47. The van der Waals surface area contributed by atoms with Crippen molar-refractivity contribution in [2.75, 3.05) is 5.32 Å². The number of carbonyl (C=O) groups excluding carboxylic acids is 2. The van der Waals surface area contributed by atoms with Gasteiger partial charge in [-0.1, -0.05) is 17.7 Å². The largest absolute Gasteiger partial charge is 0.365 e. The summed E-state index contributed by atoms with van der Waals surface area (Å²) in [6, 6.07) is 4.93. The molecule has 0 saturated carbocycles. The summed E-state index contributed by atoms with van der Waals surface area (Å²) in [5.74, 6) is -0.561. The lowest BCUT2D eigenvalue weighted by atomic mass is 9.89. The predicted molar refractivity (Wildman–Crippen MR) is 83.9 cm³/mol. The molecular weight excluding hydrogens is 310 g/mol. The highest BCUT2D eigenvalue weighted by Crippen LogP contribution is 2.45. The Balaban J connectivity index is 2.21. The van der Waals surface area contributed by atoms with E-state index in [-0.39, 0.29) is 0 Å². The third kappa shape index (κ3) is 2.36. The highest BCUT2D eigenvalue weighted by Gasteiger charge is 2.27. The van der Waals surface area contributed by atoms with Crippen molar-refractivity contribution in [1.82, 2.24) is 0 Å². The van der Waals surface area contributed by atoms with Crippen LogP contribution in [0.25, 0.3) is 10.4 Å². The zero-order valence-corrected chi connectivity index (χ0v) is 12.5. The molecule has 0 fully saturated rings. The first-order valence-electron chi connectivity index (χ1n) is 6.28. The number of halogens is 1. The SMILES string of the molecule is NC(=O)Nc1sc2c(c1C(N)=O)CCc1cc(Cl)ccc1-2. The number of thiophene rings is 1. The number of nitrogens with one attached hydrogen (secondary N) is 1. The van der Waals surface area contributed by atoms with Gasteiger partial charge in [-0.05, 0) is 41.7 Å². The summed E-state index contributed by atoms with van der Waals surface area (Å²) in [6.45, 7) is 0. The van der Waals surface area contributed by atoms with Gasteiger partial charge in [-0.3, -0.25) is 10.1 Å². The average molecular weight is 322 g/mol. The van der Waals surface area contributed by atoms with Crippen molar-refractivity contribution >= 4 is 39.9 Å². The van der Waals surface area contributed by atoms with Crippen LogP contribution in [0.2, 0.25) is 5.02 Å². The predicted octanol–water partition coefficient (Wildman–Crippen LogP) is 2.76. The molecule has 0 aliphatic heterocycles. The van der Waals surface area contributed by atoms with E-state index in [0.717, 1.165) is 28.0 Å². The van der Waals surface area contributed by atoms with Gasteiger partial charge < -0.3 is 11.5 Å². The zero-order valence-electron chi connectivity index (χ0n) is 10.9. The molecule has 1 aromatic heterocycles. The monoisotopic (exact) mass is 321 g/mol. The van der Waals surface area contributed by atoms with Gasteiger partial charge in [0.1, 0.15) is 5.00 Å². The Morgan fingerprint density at radius 2 is 2.00 bits per heavy atom. The lowest BCUT2D eigenvalue weighted by molar-refractivity contribution is 0.100. The van der Waals surface area contributed by atoms with Crippen molar-refractivity contribution in [2.45, 2.75) is 12.8 Å². The van der Waals surface area contributed by atoms with Crippen LogP contribution in [-0.2, 0) is 12.8 Å². The van der Waals surface area contributed by atoms with E-state index < -0.39 is 11.9 Å². The second-order valence-electron chi connectivity index (χ2n) is 4.77. The summed E-state index contributed by atoms with van der Waals surface area (Å²) in [4.78, 5) is 23.7. The number of amides is 3. The van der Waals surface area contributed by atoms with Gasteiger partial charge in [0, 0.05) is 9.90 Å². The Labute approximate surface area is 129 Å². The third-order valence-corrected chi connectivity index (χ3v) is 4.86. The topological polar surface area (TPSA) is 98.2 Å². The van der Waals surface area contributed by atoms with Crippen LogP contribution in [-0.4, -0.2) is 11.9 Å². The molecule has 1 heterocycles. The first-order chi connectivity index (χ1) is 9.97. The number of fused-ring (bicyclic) bond motifs is 3. The van der Waals surface area contributed by atoms with Crippen LogP contribution in [0.15, 0.2) is 18.2 Å². The minimum atomic E-state index is -0.715. The van der Waals surface area contributed by atoms with Gasteiger partial charge in [0.15, 0.2) is 0 Å². The minimum absolute atomic E-state index is 0.356. The molecular formula is C14H12ClN3O2S. The summed E-state index contributed by atoms with van der Waals surface area (Å²) in [5.41, 5.74) is 14.0. The number of benzene rings is 1. The molecule has 108 valence electrons. The van der Waals surface area contributed by atoms with Crippen molar-refractivity contribution < 1.29 is 9.59 Å². The maximum atomic E-state index is 11.7. The number of primary amides is 2. The van der Waals surface area contributed by atoms with Gasteiger partial charge in [-0.15, -0.1) is 11.3 Å². The second-order valence-corrected chi connectivity index (χ2v) is 6.23. The molecule has 0 atom stereocenters. The van der Waals surface area contributed by atoms with E-state index >= 15 is 0 Å². The second kappa shape index (κ2) is 5.05. The molecule has 5 nitrogen and oxygen atoms in total. The Bertz CT molecular complexity index is 770. The molecule has 7 heteroatoms. The van der Waals surface area contributed by atoms with Gasteiger partial charge in [-0.2, -0.15) is 0 Å². The van der Waals surface area contributed by atoms with Gasteiger partial charge in [0.25, 0.3) is 5.91 Å². The Kier molecular flexibility index (Phi) is 3.35. The van der Waals surface area contributed by atoms with Crippen molar-refractivity contribution in [1.29, 1.82) is 0 Å². The molecule has 0 bridgehead atoms. The maximum absolute atomic E-state index is 11.7. The van der Waals surface area contributed by atoms with Crippen LogP contribution < -0.4 is 16.8 Å². The third-order valence-electron chi connectivity index (χ3n) is 3.45. The molecule has 0 spiro atoms. The average Bonchev–Trinajstić information content (AvgIpc) is 2.75. The first kappa shape index (κ1) is 13.9. The molecule has 0 radical (unpaired) electrons. The smallest absolute Gasteiger partial charge is 0.317 e. The van der Waals surface area contributed by atoms with E-state index in [1.807, 2.05) is 12.1 Å². The van der Waals surface area contributed by atoms with E-state index in [0.29, 0.717) is 22.0 Å². The number of anilines is 1. The van der Waals surface area contributed by atoms with Gasteiger partial charge >= 0.3 is 6.03 Å². The van der Waals surface area contributed by atoms with Crippen LogP contribution in [0.1, 0.15) is 21.5 Å². The Morgan fingerprint density at radius 1 is 1.24 bits per heavy atom. The van der Waals surface area contributed by atoms with Crippen molar-refractivity contribution in [2.24, 2.45) is 11.5 Å². The van der Waals surface area contributed by atoms with E-state index in [1.54, 1.807) is 6.07 Å². The number of hydrogen-bond acceptors (Lipinski definition) is 3. The fraction of sp³-hybridized carbons (Fsp3) is 0.143. The number of carbonyl (C=O) groups is 2. The molecule has 1 aromatic carbocycles. The minimum Gasteiger partial charge on any atom is -0.365 e. The van der Waals surface area contributed by atoms with Crippen LogP contribution in [0.3, 0.4) is 0 Å². The Hall–Kier alpha value is -2.05. The van der Waals surface area contributed by atoms with Crippen molar-refractivity contribution in [3.05, 3.63) is 39.9 Å². The number of urea groups is 1. The lowest BCUT2D eigenvalue weighted by Crippen LogP contribution is -2.22. The summed E-state index contributed by atoms with van der Waals surface area (Å²) in [6.07, 6.45) is 1.45. The van der Waals surface area contributed by atoms with E-state index in [4.69, 9.17) is 23.1 Å². The summed E-state index contributed by atoms with van der Waals surface area (Å²) >= 11 is 7.33. The molecule has 3 amide bonds. The summed E-state index contributed by atoms with van der Waals surface area (Å²) < 4.78 is 0. The van der Waals surface area contributed by atoms with Crippen LogP contribution >= 0.6 is 22.9 Å². The number of rotatable bonds is 2. The number of nitrogens with two attached hydrogens (primary N) is 2. The van der Waals surface area contributed by atoms with Crippen molar-refractivity contribution in [3.63, 3.8) is 0 Å². The standard InChI is InChI=1S/C14H12ClN3O2S/c15-7-2-4-8-6(5-7)1-3-9-10(12(16)19)13(18-14(17)20)21-11(8)9/h2,4-5H,1,3H2,(H2,16,19)(H3,17,18,20). The van der Waals surface area contributed by atoms with E-state index in [2.05, 4.69) is 5.32 Å². The quantitative estimate of drug-likeness (QED) is 0.792. The normalized spacial score (nSPS) is 12.4. The molecule has 3 rings (SSSR count). The van der Waals surface area contributed by atoms with Crippen molar-refractivity contribution in [3.8, 4) is 10.4 Å². The van der Waals surface area contributed by atoms with Crippen LogP contribution in [0, 0.1) is 0 Å². The molecule has 0 saturated heterocycles. The van der Waals surface area contributed by atoms with Gasteiger partial charge in [0.2, 0.25) is 0 Å². The molecule has 1 aliphatic carbocycles. The Morgan fingerprint density at radius 3 is 2.67 bits per heavy atom. The summed E-state index contributed by atoms with van der Waals surface area (Å²) in [5, 5.41) is 3.57. The molecule has 0 unspecified atom stereocenters. The van der Waals surface area contributed by atoms with Gasteiger partial charge in [-0.25, -0.2) is 4.79 Å². The molecule has 5 N–H and O–H groups in total. The number of aryl methyl sites for hydroxylation is 1. The fourth-order valence-corrected chi connectivity index (χ4v) is 4.14. The highest BCUT2D eigenvalue weighted by molar-refractivity contribution is 7.20. The highest BCUT2D eigenvalue weighted by atomic mass is 35.5. The fourth-order valence-electron chi connectivity index (χ4n) is 2.63. The summed E-state index contributed by atoms with van der Waals surface area (Å²) in [7, 11) is 0. The van der Waals surface area contributed by atoms with Crippen LogP contribution in [0.4, 0.5) is 9.80 Å². The molecule has 2 aromatic rings.